The maximum Gasteiger partial charge on any atom is 0.347 e. The van der Waals surface area contributed by atoms with Crippen LogP contribution in [0.2, 0.25) is 0 Å². The summed E-state index contributed by atoms with van der Waals surface area (Å²) in [6, 6.07) is 8.25. The first-order chi connectivity index (χ1) is 11.1. The number of rotatable bonds is 7. The Morgan fingerprint density at radius 3 is 2.35 bits per heavy atom. The van der Waals surface area contributed by atoms with Gasteiger partial charge in [0, 0.05) is 0 Å². The van der Waals surface area contributed by atoms with Gasteiger partial charge in [0.1, 0.15) is 5.75 Å². The summed E-state index contributed by atoms with van der Waals surface area (Å²) < 4.78 is 10.6. The summed E-state index contributed by atoms with van der Waals surface area (Å²) in [6.07, 6.45) is 7.43. The highest BCUT2D eigenvalue weighted by molar-refractivity contribution is 5.74. The van der Waals surface area contributed by atoms with E-state index < -0.39 is 6.10 Å². The average molecular weight is 318 g/mol. The number of carbonyl (C=O) groups is 1. The van der Waals surface area contributed by atoms with E-state index in [0.717, 1.165) is 11.7 Å². The van der Waals surface area contributed by atoms with Gasteiger partial charge in [-0.15, -0.1) is 0 Å². The van der Waals surface area contributed by atoms with Gasteiger partial charge in [0.2, 0.25) is 0 Å². The van der Waals surface area contributed by atoms with Crippen LogP contribution in [-0.2, 0) is 9.53 Å². The minimum Gasteiger partial charge on any atom is -0.479 e. The van der Waals surface area contributed by atoms with Crippen LogP contribution in [0.1, 0.15) is 70.8 Å². The normalized spacial score (nSPS) is 22.4. The van der Waals surface area contributed by atoms with Crippen LogP contribution < -0.4 is 4.74 Å². The summed E-state index contributed by atoms with van der Waals surface area (Å²) in [7, 11) is 0. The van der Waals surface area contributed by atoms with Gasteiger partial charge in [0.15, 0.2) is 6.10 Å². The second-order valence-electron chi connectivity index (χ2n) is 6.59. The summed E-state index contributed by atoms with van der Waals surface area (Å²) in [4.78, 5) is 11.6. The average Bonchev–Trinajstić information content (AvgIpc) is 2.57. The third-order valence-electron chi connectivity index (χ3n) is 4.83. The Kier molecular flexibility index (Phi) is 6.94. The standard InChI is InChI=1S/C20H30O3/c1-4-6-16-7-9-17(10-8-16)18-11-13-19(14-12-18)23-15(3)20(21)22-5-2/h11-17H,4-10H2,1-3H3/t15?,16-,17-. The third-order valence-corrected chi connectivity index (χ3v) is 4.83. The van der Waals surface area contributed by atoms with Gasteiger partial charge in [-0.25, -0.2) is 4.79 Å². The molecule has 0 heterocycles. The highest BCUT2D eigenvalue weighted by Gasteiger charge is 2.22. The molecule has 0 aromatic heterocycles. The molecule has 1 aromatic carbocycles. The van der Waals surface area contributed by atoms with Crippen LogP contribution in [0.5, 0.6) is 5.75 Å². The number of hydrogen-bond donors (Lipinski definition) is 0. The van der Waals surface area contributed by atoms with Crippen molar-refractivity contribution >= 4 is 5.97 Å². The molecule has 128 valence electrons. The smallest absolute Gasteiger partial charge is 0.347 e. The number of hydrogen-bond acceptors (Lipinski definition) is 3. The Morgan fingerprint density at radius 1 is 1.13 bits per heavy atom. The molecule has 0 radical (unpaired) electrons. The predicted molar refractivity (Wildman–Crippen MR) is 92.8 cm³/mol. The van der Waals surface area contributed by atoms with Crippen LogP contribution in [0.25, 0.3) is 0 Å². The van der Waals surface area contributed by atoms with Crippen molar-refractivity contribution in [3.63, 3.8) is 0 Å². The van der Waals surface area contributed by atoms with Gasteiger partial charge in [-0.3, -0.25) is 0 Å². The van der Waals surface area contributed by atoms with Crippen LogP contribution in [0.3, 0.4) is 0 Å². The molecule has 1 aliphatic rings. The minimum atomic E-state index is -0.565. The zero-order chi connectivity index (χ0) is 16.7. The Hall–Kier alpha value is -1.51. The molecule has 3 nitrogen and oxygen atoms in total. The molecule has 0 saturated heterocycles. The fourth-order valence-corrected chi connectivity index (χ4v) is 3.52. The quantitative estimate of drug-likeness (QED) is 0.657. The van der Waals surface area contributed by atoms with Crippen LogP contribution >= 0.6 is 0 Å². The van der Waals surface area contributed by atoms with Gasteiger partial charge in [0.25, 0.3) is 0 Å². The molecule has 0 bridgehead atoms. The van der Waals surface area contributed by atoms with Gasteiger partial charge in [-0.2, -0.15) is 0 Å². The van der Waals surface area contributed by atoms with Crippen molar-refractivity contribution in [2.45, 2.75) is 71.3 Å². The first-order valence-corrected chi connectivity index (χ1v) is 9.07. The first kappa shape index (κ1) is 17.8. The molecule has 0 amide bonds. The molecule has 0 spiro atoms. The van der Waals surface area contributed by atoms with Crippen molar-refractivity contribution in [1.29, 1.82) is 0 Å². The Balaban J connectivity index is 1.86. The molecule has 1 saturated carbocycles. The second kappa shape index (κ2) is 8.95. The van der Waals surface area contributed by atoms with Crippen molar-refractivity contribution in [1.82, 2.24) is 0 Å². The first-order valence-electron chi connectivity index (χ1n) is 9.07. The Labute approximate surface area is 140 Å². The van der Waals surface area contributed by atoms with E-state index in [1.807, 2.05) is 12.1 Å². The highest BCUT2D eigenvalue weighted by atomic mass is 16.6. The summed E-state index contributed by atoms with van der Waals surface area (Å²) in [5, 5.41) is 0. The molecule has 1 unspecified atom stereocenters. The lowest BCUT2D eigenvalue weighted by Crippen LogP contribution is -2.26. The number of ether oxygens (including phenoxy) is 2. The maximum atomic E-state index is 11.6. The van der Waals surface area contributed by atoms with Crippen LogP contribution in [0.4, 0.5) is 0 Å². The van der Waals surface area contributed by atoms with E-state index in [1.165, 1.54) is 44.1 Å². The molecule has 3 heteroatoms. The third kappa shape index (κ3) is 5.26. The summed E-state index contributed by atoms with van der Waals surface area (Å²) in [6.45, 7) is 6.18. The van der Waals surface area contributed by atoms with Crippen molar-refractivity contribution in [2.24, 2.45) is 5.92 Å². The van der Waals surface area contributed by atoms with Crippen molar-refractivity contribution in [3.8, 4) is 5.75 Å². The molecular weight excluding hydrogens is 288 g/mol. The van der Waals surface area contributed by atoms with Crippen LogP contribution in [0, 0.1) is 5.92 Å². The molecule has 23 heavy (non-hydrogen) atoms. The molecular formula is C20H30O3. The van der Waals surface area contributed by atoms with Crippen molar-refractivity contribution in [2.75, 3.05) is 6.61 Å². The molecule has 1 aliphatic carbocycles. The number of esters is 1. The summed E-state index contributed by atoms with van der Waals surface area (Å²) >= 11 is 0. The molecule has 2 rings (SSSR count). The Bertz CT molecular complexity index is 472. The largest absolute Gasteiger partial charge is 0.479 e. The van der Waals surface area contributed by atoms with E-state index in [1.54, 1.807) is 13.8 Å². The van der Waals surface area contributed by atoms with E-state index in [4.69, 9.17) is 9.47 Å². The lowest BCUT2D eigenvalue weighted by atomic mass is 9.77. The van der Waals surface area contributed by atoms with Gasteiger partial charge in [-0.1, -0.05) is 31.9 Å². The number of benzene rings is 1. The second-order valence-corrected chi connectivity index (χ2v) is 6.59. The fraction of sp³-hybridized carbons (Fsp3) is 0.650. The number of carbonyl (C=O) groups excluding carboxylic acids is 1. The molecule has 0 N–H and O–H groups in total. The van der Waals surface area contributed by atoms with Gasteiger partial charge in [0.05, 0.1) is 6.61 Å². The topological polar surface area (TPSA) is 35.5 Å². The van der Waals surface area contributed by atoms with E-state index in [9.17, 15) is 4.79 Å². The molecule has 1 atom stereocenters. The molecule has 0 aliphatic heterocycles. The SMILES string of the molecule is CCC[C@H]1CC[C@H](c2ccc(OC(C)C(=O)OCC)cc2)CC1. The van der Waals surface area contributed by atoms with E-state index in [2.05, 4.69) is 19.1 Å². The maximum absolute atomic E-state index is 11.6. The van der Waals surface area contributed by atoms with E-state index in [-0.39, 0.29) is 5.97 Å². The van der Waals surface area contributed by atoms with Gasteiger partial charge < -0.3 is 9.47 Å². The fourth-order valence-electron chi connectivity index (χ4n) is 3.52. The van der Waals surface area contributed by atoms with Crippen LogP contribution in [0.15, 0.2) is 24.3 Å². The zero-order valence-electron chi connectivity index (χ0n) is 14.7. The zero-order valence-corrected chi connectivity index (χ0v) is 14.7. The van der Waals surface area contributed by atoms with Crippen molar-refractivity contribution in [3.05, 3.63) is 29.8 Å². The summed E-state index contributed by atoms with van der Waals surface area (Å²) in [5.41, 5.74) is 1.40. The van der Waals surface area contributed by atoms with E-state index >= 15 is 0 Å². The monoisotopic (exact) mass is 318 g/mol. The van der Waals surface area contributed by atoms with Gasteiger partial charge in [-0.05, 0) is 69.1 Å². The predicted octanol–water partition coefficient (Wildman–Crippen LogP) is 5.09. The van der Waals surface area contributed by atoms with Crippen molar-refractivity contribution < 1.29 is 14.3 Å². The highest BCUT2D eigenvalue weighted by Crippen LogP contribution is 2.37. The minimum absolute atomic E-state index is 0.314. The molecule has 1 aromatic rings. The molecule has 1 fully saturated rings. The van der Waals surface area contributed by atoms with Gasteiger partial charge >= 0.3 is 5.97 Å². The van der Waals surface area contributed by atoms with E-state index in [0.29, 0.717) is 12.5 Å². The lowest BCUT2D eigenvalue weighted by molar-refractivity contribution is -0.150. The summed E-state index contributed by atoms with van der Waals surface area (Å²) in [5.74, 6) is 2.03. The Morgan fingerprint density at radius 2 is 1.78 bits per heavy atom. The lowest BCUT2D eigenvalue weighted by Gasteiger charge is -2.28. The van der Waals surface area contributed by atoms with Crippen LogP contribution in [-0.4, -0.2) is 18.7 Å².